The van der Waals surface area contributed by atoms with Crippen LogP contribution in [0.4, 0.5) is 0 Å². The van der Waals surface area contributed by atoms with Gasteiger partial charge in [-0.3, -0.25) is 0 Å². The minimum absolute atomic E-state index is 0.237. The first-order chi connectivity index (χ1) is 8.63. The average molecular weight is 347 g/mol. The van der Waals surface area contributed by atoms with Gasteiger partial charge in [0.25, 0.3) is 0 Å². The Morgan fingerprint density at radius 3 is 3.06 bits per heavy atom. The van der Waals surface area contributed by atoms with Crippen molar-refractivity contribution in [3.63, 3.8) is 0 Å². The molecule has 0 aliphatic carbocycles. The van der Waals surface area contributed by atoms with Crippen molar-refractivity contribution in [3.8, 4) is 5.75 Å². The predicted molar refractivity (Wildman–Crippen MR) is 74.2 cm³/mol. The van der Waals surface area contributed by atoms with E-state index in [-0.39, 0.29) is 6.10 Å². The molecule has 0 saturated heterocycles. The summed E-state index contributed by atoms with van der Waals surface area (Å²) in [5.41, 5.74) is 0.817. The highest BCUT2D eigenvalue weighted by Crippen LogP contribution is 2.42. The van der Waals surface area contributed by atoms with E-state index < -0.39 is 6.10 Å². The van der Waals surface area contributed by atoms with Gasteiger partial charge in [-0.2, -0.15) is 0 Å². The molecule has 1 aliphatic rings. The van der Waals surface area contributed by atoms with Gasteiger partial charge in [-0.05, 0) is 12.1 Å². The zero-order valence-corrected chi connectivity index (χ0v) is 12.3. The van der Waals surface area contributed by atoms with Crippen LogP contribution >= 0.6 is 38.9 Å². The third-order valence-electron chi connectivity index (χ3n) is 2.81. The zero-order valence-electron chi connectivity index (χ0n) is 9.14. The molecule has 2 atom stereocenters. The lowest BCUT2D eigenvalue weighted by molar-refractivity contribution is 0.0655. The van der Waals surface area contributed by atoms with Gasteiger partial charge in [0.1, 0.15) is 15.1 Å². The van der Waals surface area contributed by atoms with Crippen LogP contribution in [0.15, 0.2) is 28.9 Å². The number of ether oxygens (including phenoxy) is 1. The SMILES string of the molecule is OC1CC(c2ncc(Cl)s2)Oc2cc(Br)ccc21. The van der Waals surface area contributed by atoms with E-state index in [0.717, 1.165) is 15.0 Å². The highest BCUT2D eigenvalue weighted by molar-refractivity contribution is 9.10. The molecule has 1 aromatic carbocycles. The second-order valence-electron chi connectivity index (χ2n) is 4.04. The number of nitrogens with zero attached hydrogens (tertiary/aromatic N) is 1. The van der Waals surface area contributed by atoms with Crippen molar-refractivity contribution in [2.75, 3.05) is 0 Å². The average Bonchev–Trinajstić information content (AvgIpc) is 2.75. The number of thiazole rings is 1. The summed E-state index contributed by atoms with van der Waals surface area (Å²) in [7, 11) is 0. The molecule has 94 valence electrons. The topological polar surface area (TPSA) is 42.4 Å². The Balaban J connectivity index is 1.95. The Labute approximate surface area is 122 Å². The molecule has 0 amide bonds. The maximum atomic E-state index is 10.1. The molecule has 6 heteroatoms. The van der Waals surface area contributed by atoms with Crippen LogP contribution in [0.2, 0.25) is 4.34 Å². The molecule has 0 saturated carbocycles. The highest BCUT2D eigenvalue weighted by atomic mass is 79.9. The van der Waals surface area contributed by atoms with Crippen LogP contribution in [0.1, 0.15) is 29.2 Å². The number of rotatable bonds is 1. The standard InChI is InChI=1S/C12H9BrClNO2S/c13-6-1-2-7-8(16)4-10(17-9(7)3-6)12-15-5-11(14)18-12/h1-3,5,8,10,16H,4H2. The van der Waals surface area contributed by atoms with Gasteiger partial charge in [-0.25, -0.2) is 4.98 Å². The lowest BCUT2D eigenvalue weighted by Gasteiger charge is -2.28. The zero-order chi connectivity index (χ0) is 12.7. The molecule has 2 unspecified atom stereocenters. The van der Waals surface area contributed by atoms with Gasteiger partial charge in [0.05, 0.1) is 12.3 Å². The van der Waals surface area contributed by atoms with E-state index in [1.54, 1.807) is 6.20 Å². The lowest BCUT2D eigenvalue weighted by atomic mass is 9.99. The molecule has 2 heterocycles. The van der Waals surface area contributed by atoms with Gasteiger partial charge in [0.15, 0.2) is 6.10 Å². The first kappa shape index (κ1) is 12.4. The third kappa shape index (κ3) is 2.28. The summed E-state index contributed by atoms with van der Waals surface area (Å²) in [6, 6.07) is 5.63. The third-order valence-corrected chi connectivity index (χ3v) is 4.51. The summed E-state index contributed by atoms with van der Waals surface area (Å²) in [4.78, 5) is 4.21. The van der Waals surface area contributed by atoms with Gasteiger partial charge in [-0.1, -0.05) is 33.6 Å². The van der Waals surface area contributed by atoms with Gasteiger partial charge in [0.2, 0.25) is 0 Å². The fourth-order valence-electron chi connectivity index (χ4n) is 1.98. The number of halogens is 2. The highest BCUT2D eigenvalue weighted by Gasteiger charge is 2.29. The predicted octanol–water partition coefficient (Wildman–Crippen LogP) is 4.12. The normalized spacial score (nSPS) is 22.4. The molecule has 0 fully saturated rings. The Morgan fingerprint density at radius 1 is 1.50 bits per heavy atom. The van der Waals surface area contributed by atoms with E-state index in [9.17, 15) is 5.11 Å². The van der Waals surface area contributed by atoms with Crippen LogP contribution in [-0.4, -0.2) is 10.1 Å². The maximum absolute atomic E-state index is 10.1. The van der Waals surface area contributed by atoms with Gasteiger partial charge in [-0.15, -0.1) is 11.3 Å². The summed E-state index contributed by atoms with van der Waals surface area (Å²) in [6.07, 6.45) is 1.33. The van der Waals surface area contributed by atoms with E-state index in [0.29, 0.717) is 16.5 Å². The van der Waals surface area contributed by atoms with Crippen molar-refractivity contribution < 1.29 is 9.84 Å². The monoisotopic (exact) mass is 345 g/mol. The maximum Gasteiger partial charge on any atom is 0.153 e. The van der Waals surface area contributed by atoms with Crippen molar-refractivity contribution in [2.45, 2.75) is 18.6 Å². The minimum atomic E-state index is -0.533. The molecule has 0 spiro atoms. The molecule has 18 heavy (non-hydrogen) atoms. The second-order valence-corrected chi connectivity index (χ2v) is 6.65. The summed E-state index contributed by atoms with van der Waals surface area (Å²) in [5, 5.41) is 10.9. The molecule has 1 aromatic heterocycles. The number of aliphatic hydroxyl groups excluding tert-OH is 1. The summed E-state index contributed by atoms with van der Waals surface area (Å²) >= 11 is 10.6. The van der Waals surface area contributed by atoms with Crippen molar-refractivity contribution in [2.24, 2.45) is 0 Å². The molecule has 2 aromatic rings. The number of aliphatic hydroxyl groups is 1. The Bertz CT molecular complexity index is 589. The molecular formula is C12H9BrClNO2S. The minimum Gasteiger partial charge on any atom is -0.483 e. The van der Waals surface area contributed by atoms with Crippen molar-refractivity contribution in [1.82, 2.24) is 4.98 Å². The Hall–Kier alpha value is -0.620. The number of benzene rings is 1. The van der Waals surface area contributed by atoms with E-state index in [1.807, 2.05) is 18.2 Å². The molecule has 1 aliphatic heterocycles. The molecule has 1 N–H and O–H groups in total. The largest absolute Gasteiger partial charge is 0.483 e. The molecular weight excluding hydrogens is 338 g/mol. The van der Waals surface area contributed by atoms with E-state index in [4.69, 9.17) is 16.3 Å². The van der Waals surface area contributed by atoms with E-state index >= 15 is 0 Å². The van der Waals surface area contributed by atoms with E-state index in [1.165, 1.54) is 11.3 Å². The second kappa shape index (κ2) is 4.81. The summed E-state index contributed by atoms with van der Waals surface area (Å²) in [5.74, 6) is 0.694. The molecule has 0 bridgehead atoms. The summed E-state index contributed by atoms with van der Waals surface area (Å²) < 4.78 is 7.43. The number of hydrogen-bond donors (Lipinski definition) is 1. The van der Waals surface area contributed by atoms with Gasteiger partial charge in [0, 0.05) is 16.5 Å². The van der Waals surface area contributed by atoms with Gasteiger partial charge >= 0.3 is 0 Å². The van der Waals surface area contributed by atoms with Crippen LogP contribution in [0.5, 0.6) is 5.75 Å². The van der Waals surface area contributed by atoms with Crippen LogP contribution in [0.3, 0.4) is 0 Å². The fraction of sp³-hybridized carbons (Fsp3) is 0.250. The molecule has 3 nitrogen and oxygen atoms in total. The summed E-state index contributed by atoms with van der Waals surface area (Å²) in [6.45, 7) is 0. The van der Waals surface area contributed by atoms with Crippen LogP contribution in [-0.2, 0) is 0 Å². The first-order valence-electron chi connectivity index (χ1n) is 5.39. The van der Waals surface area contributed by atoms with Crippen molar-refractivity contribution in [3.05, 3.63) is 43.8 Å². The van der Waals surface area contributed by atoms with Crippen LogP contribution < -0.4 is 4.74 Å². The van der Waals surface area contributed by atoms with Crippen molar-refractivity contribution in [1.29, 1.82) is 0 Å². The number of fused-ring (bicyclic) bond motifs is 1. The fourth-order valence-corrected chi connectivity index (χ4v) is 3.30. The molecule has 3 rings (SSSR count). The van der Waals surface area contributed by atoms with Crippen LogP contribution in [0.25, 0.3) is 0 Å². The first-order valence-corrected chi connectivity index (χ1v) is 7.37. The smallest absolute Gasteiger partial charge is 0.153 e. The Morgan fingerprint density at radius 2 is 2.33 bits per heavy atom. The van der Waals surface area contributed by atoms with E-state index in [2.05, 4.69) is 20.9 Å². The number of hydrogen-bond acceptors (Lipinski definition) is 4. The number of aromatic nitrogens is 1. The van der Waals surface area contributed by atoms with Crippen molar-refractivity contribution >= 4 is 38.9 Å². The van der Waals surface area contributed by atoms with Gasteiger partial charge < -0.3 is 9.84 Å². The lowest BCUT2D eigenvalue weighted by Crippen LogP contribution is -2.18. The Kier molecular flexibility index (Phi) is 3.32. The van der Waals surface area contributed by atoms with Crippen LogP contribution in [0, 0.1) is 0 Å². The molecule has 0 radical (unpaired) electrons. The quantitative estimate of drug-likeness (QED) is 0.844.